The molecule has 3 aromatic rings. The molecular formula is C20H22N6O2. The predicted octanol–water partition coefficient (Wildman–Crippen LogP) is 1.70. The molecule has 8 nitrogen and oxygen atoms in total. The number of carbonyl (C=O) groups is 1. The zero-order valence-electron chi connectivity index (χ0n) is 15.8. The molecule has 4 heterocycles. The first-order valence-corrected chi connectivity index (χ1v) is 9.40. The molecule has 0 radical (unpaired) electrons. The number of nitrogens with zero attached hydrogens (tertiary/aromatic N) is 5. The second kappa shape index (κ2) is 7.75. The number of rotatable bonds is 5. The summed E-state index contributed by atoms with van der Waals surface area (Å²) in [5.74, 6) is 1.55. The van der Waals surface area contributed by atoms with Crippen molar-refractivity contribution in [2.75, 3.05) is 6.54 Å². The summed E-state index contributed by atoms with van der Waals surface area (Å²) >= 11 is 0. The van der Waals surface area contributed by atoms with Gasteiger partial charge in [0.2, 0.25) is 5.91 Å². The fraction of sp³-hybridized carbons (Fsp3) is 0.350. The second-order valence-corrected chi connectivity index (χ2v) is 6.91. The van der Waals surface area contributed by atoms with Crippen molar-refractivity contribution in [3.63, 3.8) is 0 Å². The van der Waals surface area contributed by atoms with Crippen LogP contribution in [0.5, 0.6) is 0 Å². The largest absolute Gasteiger partial charge is 0.336 e. The van der Waals surface area contributed by atoms with Crippen LogP contribution < -0.4 is 5.56 Å². The van der Waals surface area contributed by atoms with Crippen molar-refractivity contribution in [3.8, 4) is 11.4 Å². The molecule has 28 heavy (non-hydrogen) atoms. The average Bonchev–Trinajstić information content (AvgIpc) is 3.13. The second-order valence-electron chi connectivity index (χ2n) is 6.91. The van der Waals surface area contributed by atoms with Gasteiger partial charge < -0.3 is 14.5 Å². The average molecular weight is 378 g/mol. The minimum Gasteiger partial charge on any atom is -0.336 e. The predicted molar refractivity (Wildman–Crippen MR) is 103 cm³/mol. The Bertz CT molecular complexity index is 1040. The van der Waals surface area contributed by atoms with E-state index in [1.165, 1.54) is 0 Å². The van der Waals surface area contributed by atoms with Crippen LogP contribution in [0.2, 0.25) is 0 Å². The van der Waals surface area contributed by atoms with E-state index in [2.05, 4.69) is 19.9 Å². The monoisotopic (exact) mass is 378 g/mol. The molecular weight excluding hydrogens is 356 g/mol. The van der Waals surface area contributed by atoms with Crippen LogP contribution in [-0.2, 0) is 24.3 Å². The highest BCUT2D eigenvalue weighted by molar-refractivity contribution is 5.76. The molecule has 8 heteroatoms. The number of carbonyl (C=O) groups excluding carboxylic acids is 1. The lowest BCUT2D eigenvalue weighted by molar-refractivity contribution is -0.132. The van der Waals surface area contributed by atoms with E-state index < -0.39 is 0 Å². The zero-order valence-corrected chi connectivity index (χ0v) is 15.8. The van der Waals surface area contributed by atoms with Crippen molar-refractivity contribution in [2.45, 2.75) is 39.3 Å². The van der Waals surface area contributed by atoms with E-state index in [0.717, 1.165) is 24.4 Å². The number of amides is 1. The van der Waals surface area contributed by atoms with E-state index in [4.69, 9.17) is 0 Å². The molecule has 1 aliphatic rings. The minimum absolute atomic E-state index is 0.0935. The van der Waals surface area contributed by atoms with Crippen molar-refractivity contribution in [1.82, 2.24) is 29.4 Å². The summed E-state index contributed by atoms with van der Waals surface area (Å²) in [4.78, 5) is 42.5. The molecule has 0 bridgehead atoms. The summed E-state index contributed by atoms with van der Waals surface area (Å²) in [6, 6.07) is 3.60. The van der Waals surface area contributed by atoms with Crippen molar-refractivity contribution in [3.05, 3.63) is 64.4 Å². The van der Waals surface area contributed by atoms with Crippen LogP contribution in [-0.4, -0.2) is 41.9 Å². The Kier molecular flexibility index (Phi) is 5.01. The Morgan fingerprint density at radius 1 is 1.25 bits per heavy atom. The van der Waals surface area contributed by atoms with Gasteiger partial charge in [-0.3, -0.25) is 14.6 Å². The van der Waals surface area contributed by atoms with E-state index in [1.54, 1.807) is 35.6 Å². The highest BCUT2D eigenvalue weighted by Gasteiger charge is 2.24. The van der Waals surface area contributed by atoms with Gasteiger partial charge in [0, 0.05) is 55.4 Å². The number of H-pyrrole nitrogens is 1. The van der Waals surface area contributed by atoms with Gasteiger partial charge in [-0.15, -0.1) is 0 Å². The highest BCUT2D eigenvalue weighted by Crippen LogP contribution is 2.19. The van der Waals surface area contributed by atoms with E-state index in [1.807, 2.05) is 17.7 Å². The van der Waals surface area contributed by atoms with Crippen molar-refractivity contribution >= 4 is 5.91 Å². The molecule has 0 atom stereocenters. The van der Waals surface area contributed by atoms with E-state index in [-0.39, 0.29) is 11.5 Å². The molecule has 0 saturated carbocycles. The van der Waals surface area contributed by atoms with E-state index in [9.17, 15) is 9.59 Å². The first kappa shape index (κ1) is 18.1. The Labute approximate surface area is 162 Å². The molecule has 0 aliphatic carbocycles. The van der Waals surface area contributed by atoms with Gasteiger partial charge >= 0.3 is 0 Å². The molecule has 1 N–H and O–H groups in total. The Balaban J connectivity index is 1.45. The quantitative estimate of drug-likeness (QED) is 0.729. The van der Waals surface area contributed by atoms with Crippen LogP contribution in [0.4, 0.5) is 0 Å². The number of hydrogen-bond donors (Lipinski definition) is 1. The van der Waals surface area contributed by atoms with Crippen LogP contribution in [0.25, 0.3) is 11.4 Å². The summed E-state index contributed by atoms with van der Waals surface area (Å²) in [6.45, 7) is 3.65. The van der Waals surface area contributed by atoms with Gasteiger partial charge in [-0.1, -0.05) is 0 Å². The van der Waals surface area contributed by atoms with E-state index >= 15 is 0 Å². The molecule has 3 aromatic heterocycles. The summed E-state index contributed by atoms with van der Waals surface area (Å²) in [6.07, 6.45) is 8.76. The number of hydrogen-bond acceptors (Lipinski definition) is 5. The van der Waals surface area contributed by atoms with Crippen molar-refractivity contribution in [1.29, 1.82) is 0 Å². The molecule has 4 rings (SSSR count). The number of nitrogens with one attached hydrogen (secondary N) is 1. The van der Waals surface area contributed by atoms with Crippen LogP contribution in [0, 0.1) is 6.92 Å². The Morgan fingerprint density at radius 3 is 2.82 bits per heavy atom. The Morgan fingerprint density at radius 2 is 2.07 bits per heavy atom. The van der Waals surface area contributed by atoms with Gasteiger partial charge in [0.15, 0.2) is 0 Å². The van der Waals surface area contributed by atoms with Gasteiger partial charge in [-0.2, -0.15) is 0 Å². The highest BCUT2D eigenvalue weighted by atomic mass is 16.2. The first-order chi connectivity index (χ1) is 13.6. The molecule has 1 amide bonds. The summed E-state index contributed by atoms with van der Waals surface area (Å²) in [5, 5.41) is 0. The fourth-order valence-corrected chi connectivity index (χ4v) is 3.50. The smallest absolute Gasteiger partial charge is 0.254 e. The van der Waals surface area contributed by atoms with Crippen molar-refractivity contribution < 1.29 is 4.79 Å². The molecule has 0 aromatic carbocycles. The summed E-state index contributed by atoms with van der Waals surface area (Å²) in [5.41, 5.74) is 2.03. The van der Waals surface area contributed by atoms with Crippen LogP contribution >= 0.6 is 0 Å². The SMILES string of the molecule is Cc1nccn1CCCC(=O)N1CCc2c(nc(-c3ccncc3)[nH]c2=O)C1. The summed E-state index contributed by atoms with van der Waals surface area (Å²) in [7, 11) is 0. The van der Waals surface area contributed by atoms with Gasteiger partial charge in [0.1, 0.15) is 11.6 Å². The maximum absolute atomic E-state index is 12.6. The normalized spacial score (nSPS) is 13.4. The zero-order chi connectivity index (χ0) is 19.5. The molecule has 0 unspecified atom stereocenters. The number of imidazole rings is 1. The molecule has 144 valence electrons. The van der Waals surface area contributed by atoms with Gasteiger partial charge in [0.25, 0.3) is 5.56 Å². The lowest BCUT2D eigenvalue weighted by Crippen LogP contribution is -2.39. The third-order valence-corrected chi connectivity index (χ3v) is 5.09. The lowest BCUT2D eigenvalue weighted by Gasteiger charge is -2.28. The molecule has 0 spiro atoms. The third-order valence-electron chi connectivity index (χ3n) is 5.09. The number of aromatic amines is 1. The van der Waals surface area contributed by atoms with Gasteiger partial charge in [0.05, 0.1) is 12.2 Å². The Hall–Kier alpha value is -3.29. The minimum atomic E-state index is -0.125. The lowest BCUT2D eigenvalue weighted by atomic mass is 10.1. The van der Waals surface area contributed by atoms with Gasteiger partial charge in [-0.05, 0) is 31.9 Å². The molecule has 0 saturated heterocycles. The molecule has 0 fully saturated rings. The topological polar surface area (TPSA) is 96.8 Å². The van der Waals surface area contributed by atoms with Crippen LogP contribution in [0.3, 0.4) is 0 Å². The fourth-order valence-electron chi connectivity index (χ4n) is 3.50. The maximum Gasteiger partial charge on any atom is 0.254 e. The third kappa shape index (κ3) is 3.71. The number of aryl methyl sites for hydroxylation is 2. The van der Waals surface area contributed by atoms with Crippen molar-refractivity contribution in [2.24, 2.45) is 0 Å². The number of pyridine rings is 1. The van der Waals surface area contributed by atoms with Crippen LogP contribution in [0.15, 0.2) is 41.7 Å². The van der Waals surface area contributed by atoms with Gasteiger partial charge in [-0.25, -0.2) is 9.97 Å². The van der Waals surface area contributed by atoms with E-state index in [0.29, 0.717) is 43.0 Å². The maximum atomic E-state index is 12.6. The molecule has 1 aliphatic heterocycles. The first-order valence-electron chi connectivity index (χ1n) is 9.40. The summed E-state index contributed by atoms with van der Waals surface area (Å²) < 4.78 is 2.04. The van der Waals surface area contributed by atoms with Crippen LogP contribution in [0.1, 0.15) is 29.9 Å². The number of aromatic nitrogens is 5. The standard InChI is InChI=1S/C20H22N6O2/c1-14-22-9-12-25(14)10-2-3-18(27)26-11-6-16-17(13-26)23-19(24-20(16)28)15-4-7-21-8-5-15/h4-5,7-9,12H,2-3,6,10-11,13H2,1H3,(H,23,24,28). The number of fused-ring (bicyclic) bond motifs is 1.